The van der Waals surface area contributed by atoms with Gasteiger partial charge in [-0.25, -0.2) is 0 Å². The van der Waals surface area contributed by atoms with Crippen LogP contribution < -0.4 is 11.3 Å². The first-order valence-corrected chi connectivity index (χ1v) is 2.00. The van der Waals surface area contributed by atoms with Crippen LogP contribution >= 0.6 is 0 Å². The Balaban J connectivity index is 3.58. The number of nitrogens with two attached hydrogens (primary N) is 1. The Morgan fingerprint density at radius 1 is 1.57 bits per heavy atom. The van der Waals surface area contributed by atoms with Crippen molar-refractivity contribution in [3.05, 3.63) is 24.4 Å². The van der Waals surface area contributed by atoms with E-state index in [0.29, 0.717) is 5.70 Å². The molecular weight excluding hydrogens is 88.1 g/mol. The molecule has 7 heavy (non-hydrogen) atoms. The van der Waals surface area contributed by atoms with Gasteiger partial charge in [0.1, 0.15) is 0 Å². The smallest absolute Gasteiger partial charge is 0.0436 e. The molecule has 0 unspecified atom stereocenters. The Morgan fingerprint density at radius 2 is 2.00 bits per heavy atom. The lowest BCUT2D eigenvalue weighted by molar-refractivity contribution is 0.902. The molecule has 3 N–H and O–H groups in total. The normalized spacial score (nSPS) is 7.71. The minimum absolute atomic E-state index is 0.681. The van der Waals surface area contributed by atoms with Gasteiger partial charge >= 0.3 is 0 Å². The lowest BCUT2D eigenvalue weighted by Crippen LogP contribution is -2.20. The second kappa shape index (κ2) is 2.42. The van der Waals surface area contributed by atoms with Gasteiger partial charge in [0.2, 0.25) is 0 Å². The van der Waals surface area contributed by atoms with Crippen LogP contribution in [0.5, 0.6) is 0 Å². The zero-order valence-electron chi connectivity index (χ0n) is 4.49. The van der Waals surface area contributed by atoms with E-state index in [9.17, 15) is 0 Å². The van der Waals surface area contributed by atoms with Crippen molar-refractivity contribution in [2.24, 2.45) is 5.84 Å². The van der Waals surface area contributed by atoms with Crippen LogP contribution in [0.4, 0.5) is 0 Å². The predicted octanol–water partition coefficient (Wildman–Crippen LogP) is 0.540. The molecule has 0 atom stereocenters. The second-order valence-corrected chi connectivity index (χ2v) is 1.40. The molecule has 0 saturated carbocycles. The maximum atomic E-state index is 4.96. The van der Waals surface area contributed by atoms with E-state index in [-0.39, 0.29) is 0 Å². The van der Waals surface area contributed by atoms with E-state index >= 15 is 0 Å². The Bertz CT molecular complexity index is 94.3. The molecule has 0 rings (SSSR count). The van der Waals surface area contributed by atoms with Gasteiger partial charge in [-0.15, -0.1) is 0 Å². The quantitative estimate of drug-likeness (QED) is 0.300. The highest BCUT2D eigenvalue weighted by Gasteiger charge is 1.84. The molecule has 0 spiro atoms. The molecule has 0 bridgehead atoms. The maximum absolute atomic E-state index is 4.96. The molecule has 0 heterocycles. The number of nitrogens with one attached hydrogen (secondary N) is 1. The van der Waals surface area contributed by atoms with Crippen molar-refractivity contribution in [2.45, 2.75) is 6.92 Å². The summed E-state index contributed by atoms with van der Waals surface area (Å²) in [5, 5.41) is 0. The van der Waals surface area contributed by atoms with E-state index in [1.54, 1.807) is 0 Å². The zero-order valence-corrected chi connectivity index (χ0v) is 4.49. The summed E-state index contributed by atoms with van der Waals surface area (Å²) in [6.07, 6.45) is 0. The molecule has 0 aromatic rings. The van der Waals surface area contributed by atoms with Gasteiger partial charge in [-0.3, -0.25) is 5.84 Å². The minimum Gasteiger partial charge on any atom is -0.325 e. The summed E-state index contributed by atoms with van der Waals surface area (Å²) in [5.41, 5.74) is 3.91. The van der Waals surface area contributed by atoms with E-state index in [0.717, 1.165) is 5.57 Å². The molecule has 0 aliphatic carbocycles. The van der Waals surface area contributed by atoms with E-state index < -0.39 is 0 Å². The number of allylic oxidation sites excluding steroid dienone is 1. The van der Waals surface area contributed by atoms with Crippen LogP contribution in [0.1, 0.15) is 6.92 Å². The van der Waals surface area contributed by atoms with Crippen LogP contribution in [-0.2, 0) is 0 Å². The number of hydrogen-bond donors (Lipinski definition) is 2. The van der Waals surface area contributed by atoms with Crippen molar-refractivity contribution < 1.29 is 0 Å². The van der Waals surface area contributed by atoms with Crippen molar-refractivity contribution in [3.8, 4) is 0 Å². The first kappa shape index (κ1) is 6.24. The standard InChI is InChI=1S/C5H10N2/c1-4(2)5(3)7-6/h7H,1,3,6H2,2H3. The van der Waals surface area contributed by atoms with Crippen molar-refractivity contribution >= 4 is 0 Å². The maximum Gasteiger partial charge on any atom is 0.0436 e. The van der Waals surface area contributed by atoms with E-state index in [1.807, 2.05) is 6.92 Å². The van der Waals surface area contributed by atoms with Gasteiger partial charge in [0.05, 0.1) is 0 Å². The second-order valence-electron chi connectivity index (χ2n) is 1.40. The molecule has 2 heteroatoms. The van der Waals surface area contributed by atoms with Crippen molar-refractivity contribution in [1.29, 1.82) is 0 Å². The third-order valence-corrected chi connectivity index (χ3v) is 0.689. The highest BCUT2D eigenvalue weighted by Crippen LogP contribution is 1.94. The van der Waals surface area contributed by atoms with Gasteiger partial charge in [-0.2, -0.15) is 0 Å². The summed E-state index contributed by atoms with van der Waals surface area (Å²) in [6, 6.07) is 0. The monoisotopic (exact) mass is 98.1 g/mol. The molecule has 2 nitrogen and oxygen atoms in total. The van der Waals surface area contributed by atoms with Crippen molar-refractivity contribution in [2.75, 3.05) is 0 Å². The minimum atomic E-state index is 0.681. The fraction of sp³-hybridized carbons (Fsp3) is 0.200. The fourth-order valence-electron chi connectivity index (χ4n) is 0.123. The average molecular weight is 98.1 g/mol. The topological polar surface area (TPSA) is 38.0 Å². The molecule has 0 aromatic heterocycles. The Kier molecular flexibility index (Phi) is 2.16. The Hall–Kier alpha value is -0.760. The Morgan fingerprint density at radius 3 is 2.00 bits per heavy atom. The van der Waals surface area contributed by atoms with Gasteiger partial charge in [-0.1, -0.05) is 13.2 Å². The zero-order chi connectivity index (χ0) is 5.86. The summed E-state index contributed by atoms with van der Waals surface area (Å²) >= 11 is 0. The third-order valence-electron chi connectivity index (χ3n) is 0.689. The Labute approximate surface area is 43.7 Å². The molecule has 40 valence electrons. The number of hydrogen-bond acceptors (Lipinski definition) is 2. The van der Waals surface area contributed by atoms with Gasteiger partial charge in [-0.05, 0) is 12.5 Å². The van der Waals surface area contributed by atoms with Crippen LogP contribution in [-0.4, -0.2) is 0 Å². The molecule has 0 radical (unpaired) electrons. The largest absolute Gasteiger partial charge is 0.325 e. The van der Waals surface area contributed by atoms with Gasteiger partial charge < -0.3 is 5.43 Å². The van der Waals surface area contributed by atoms with Crippen LogP contribution in [0.3, 0.4) is 0 Å². The lowest BCUT2D eigenvalue weighted by Gasteiger charge is -1.99. The molecule has 0 amide bonds. The summed E-state index contributed by atoms with van der Waals surface area (Å²) in [6.45, 7) is 8.96. The highest BCUT2D eigenvalue weighted by atomic mass is 15.2. The predicted molar refractivity (Wildman–Crippen MR) is 31.3 cm³/mol. The van der Waals surface area contributed by atoms with Crippen molar-refractivity contribution in [1.82, 2.24) is 5.43 Å². The lowest BCUT2D eigenvalue weighted by atomic mass is 10.3. The molecule has 0 aromatic carbocycles. The molecule has 0 aliphatic heterocycles. The van der Waals surface area contributed by atoms with Gasteiger partial charge in [0.15, 0.2) is 0 Å². The summed E-state index contributed by atoms with van der Waals surface area (Å²) in [7, 11) is 0. The first-order valence-electron chi connectivity index (χ1n) is 2.00. The highest BCUT2D eigenvalue weighted by molar-refractivity contribution is 5.19. The van der Waals surface area contributed by atoms with E-state index in [1.165, 1.54) is 0 Å². The van der Waals surface area contributed by atoms with Gasteiger partial charge in [0, 0.05) is 5.70 Å². The summed E-state index contributed by atoms with van der Waals surface area (Å²) in [4.78, 5) is 0. The van der Waals surface area contributed by atoms with E-state index in [2.05, 4.69) is 18.6 Å². The SMILES string of the molecule is C=C(C)C(=C)NN. The molecule has 0 fully saturated rings. The van der Waals surface area contributed by atoms with Crippen molar-refractivity contribution in [3.63, 3.8) is 0 Å². The third kappa shape index (κ3) is 2.00. The fourth-order valence-corrected chi connectivity index (χ4v) is 0.123. The van der Waals surface area contributed by atoms with Crippen LogP contribution in [0.15, 0.2) is 24.4 Å². The summed E-state index contributed by atoms with van der Waals surface area (Å²) in [5.74, 6) is 4.96. The number of hydrazine groups is 1. The van der Waals surface area contributed by atoms with E-state index in [4.69, 9.17) is 5.84 Å². The summed E-state index contributed by atoms with van der Waals surface area (Å²) < 4.78 is 0. The average Bonchev–Trinajstić information content (AvgIpc) is 1.65. The van der Waals surface area contributed by atoms with Crippen LogP contribution in [0.25, 0.3) is 0 Å². The number of rotatable bonds is 2. The van der Waals surface area contributed by atoms with Gasteiger partial charge in [0.25, 0.3) is 0 Å². The van der Waals surface area contributed by atoms with Crippen LogP contribution in [0.2, 0.25) is 0 Å². The molecular formula is C5H10N2. The first-order chi connectivity index (χ1) is 3.18. The molecule has 0 saturated heterocycles. The molecule has 0 aliphatic rings. The van der Waals surface area contributed by atoms with Crippen LogP contribution in [0, 0.1) is 0 Å².